The van der Waals surface area contributed by atoms with Crippen LogP contribution in [0, 0.1) is 0 Å². The second kappa shape index (κ2) is 5.62. The fourth-order valence-electron chi connectivity index (χ4n) is 2.19. The summed E-state index contributed by atoms with van der Waals surface area (Å²) in [6.45, 7) is 1.15. The molecule has 0 aliphatic carbocycles. The van der Waals surface area contributed by atoms with E-state index in [-0.39, 0.29) is 17.2 Å². The number of para-hydroxylation sites is 1. The Morgan fingerprint density at radius 3 is 2.86 bits per heavy atom. The van der Waals surface area contributed by atoms with Crippen LogP contribution in [0.25, 0.3) is 10.9 Å². The van der Waals surface area contributed by atoms with Gasteiger partial charge in [0.15, 0.2) is 0 Å². The van der Waals surface area contributed by atoms with E-state index in [1.165, 1.54) is 17.5 Å². The van der Waals surface area contributed by atoms with Gasteiger partial charge in [0.1, 0.15) is 5.69 Å². The lowest BCUT2D eigenvalue weighted by atomic mass is 10.2. The number of hydrogen-bond donors (Lipinski definition) is 2. The lowest BCUT2D eigenvalue weighted by Crippen LogP contribution is -2.28. The molecule has 21 heavy (non-hydrogen) atoms. The van der Waals surface area contributed by atoms with Gasteiger partial charge in [0, 0.05) is 30.9 Å². The number of carbonyl (C=O) groups is 1. The number of aromatic nitrogens is 3. The Labute approximate surface area is 120 Å². The maximum absolute atomic E-state index is 11.8. The number of H-pyrrole nitrogens is 1. The Balaban J connectivity index is 1.62. The average Bonchev–Trinajstić information content (AvgIpc) is 2.91. The highest BCUT2D eigenvalue weighted by molar-refractivity contribution is 5.91. The normalized spacial score (nSPS) is 10.7. The van der Waals surface area contributed by atoms with Gasteiger partial charge in [-0.15, -0.1) is 0 Å². The Kier molecular flexibility index (Phi) is 3.51. The molecule has 0 bridgehead atoms. The summed E-state index contributed by atoms with van der Waals surface area (Å²) in [5.74, 6) is -0.303. The summed E-state index contributed by atoms with van der Waals surface area (Å²) >= 11 is 0. The van der Waals surface area contributed by atoms with E-state index in [1.54, 1.807) is 0 Å². The Bertz CT molecular complexity index is 814. The Hall–Kier alpha value is -2.89. The molecule has 0 aliphatic heterocycles. The van der Waals surface area contributed by atoms with Crippen molar-refractivity contribution in [3.8, 4) is 0 Å². The lowest BCUT2D eigenvalue weighted by Gasteiger charge is -2.07. The van der Waals surface area contributed by atoms with Crippen molar-refractivity contribution in [1.82, 2.24) is 20.1 Å². The zero-order valence-electron chi connectivity index (χ0n) is 11.2. The predicted molar refractivity (Wildman–Crippen MR) is 79.1 cm³/mol. The number of hydrogen-bond acceptors (Lipinski definition) is 3. The van der Waals surface area contributed by atoms with Crippen molar-refractivity contribution in [1.29, 1.82) is 0 Å². The van der Waals surface area contributed by atoms with E-state index in [1.807, 2.05) is 30.5 Å². The van der Waals surface area contributed by atoms with Gasteiger partial charge >= 0.3 is 0 Å². The molecule has 0 radical (unpaired) electrons. The highest BCUT2D eigenvalue weighted by Gasteiger charge is 2.06. The van der Waals surface area contributed by atoms with Crippen LogP contribution >= 0.6 is 0 Å². The van der Waals surface area contributed by atoms with Gasteiger partial charge in [-0.1, -0.05) is 18.2 Å². The second-order valence-corrected chi connectivity index (χ2v) is 4.63. The van der Waals surface area contributed by atoms with Crippen LogP contribution < -0.4 is 10.9 Å². The van der Waals surface area contributed by atoms with Gasteiger partial charge in [-0.3, -0.25) is 9.59 Å². The third kappa shape index (κ3) is 2.84. The smallest absolute Gasteiger partial charge is 0.271 e. The molecule has 2 N–H and O–H groups in total. The molecule has 6 heteroatoms. The minimum atomic E-state index is -0.328. The molecular formula is C15H14N4O2. The van der Waals surface area contributed by atoms with Crippen molar-refractivity contribution in [2.75, 3.05) is 6.54 Å². The molecular weight excluding hydrogens is 268 g/mol. The van der Waals surface area contributed by atoms with Gasteiger partial charge in [-0.2, -0.15) is 5.10 Å². The molecule has 0 fully saturated rings. The van der Waals surface area contributed by atoms with Crippen LogP contribution in [0.2, 0.25) is 0 Å². The lowest BCUT2D eigenvalue weighted by molar-refractivity contribution is 0.0946. The summed E-state index contributed by atoms with van der Waals surface area (Å²) in [6, 6.07) is 12.8. The molecule has 3 rings (SSSR count). The number of aromatic amines is 1. The predicted octanol–water partition coefficient (Wildman–Crippen LogP) is 1.15. The molecule has 106 valence electrons. The summed E-state index contributed by atoms with van der Waals surface area (Å²) in [4.78, 5) is 22.7. The first-order chi connectivity index (χ1) is 10.2. The SMILES string of the molecule is O=C(NCCn1ccc2ccccc21)c1ccc(=O)[nH]n1. The van der Waals surface area contributed by atoms with Gasteiger partial charge in [-0.05, 0) is 23.6 Å². The third-order valence-corrected chi connectivity index (χ3v) is 3.23. The summed E-state index contributed by atoms with van der Waals surface area (Å²) in [7, 11) is 0. The molecule has 0 saturated heterocycles. The molecule has 0 aliphatic rings. The highest BCUT2D eigenvalue weighted by atomic mass is 16.2. The number of benzene rings is 1. The number of fused-ring (bicyclic) bond motifs is 1. The first-order valence-corrected chi connectivity index (χ1v) is 6.62. The van der Waals surface area contributed by atoms with Gasteiger partial charge < -0.3 is 9.88 Å². The van der Waals surface area contributed by atoms with Crippen molar-refractivity contribution in [3.05, 3.63) is 64.7 Å². The molecule has 0 saturated carbocycles. The zero-order chi connectivity index (χ0) is 14.7. The van der Waals surface area contributed by atoms with Crippen LogP contribution in [-0.2, 0) is 6.54 Å². The van der Waals surface area contributed by atoms with E-state index in [4.69, 9.17) is 0 Å². The minimum Gasteiger partial charge on any atom is -0.349 e. The summed E-state index contributed by atoms with van der Waals surface area (Å²) in [6.07, 6.45) is 2.00. The van der Waals surface area contributed by atoms with Crippen molar-refractivity contribution in [3.63, 3.8) is 0 Å². The maximum Gasteiger partial charge on any atom is 0.271 e. The topological polar surface area (TPSA) is 79.8 Å². The van der Waals surface area contributed by atoms with Gasteiger partial charge in [0.05, 0.1) is 0 Å². The van der Waals surface area contributed by atoms with Crippen molar-refractivity contribution >= 4 is 16.8 Å². The van der Waals surface area contributed by atoms with E-state index < -0.39 is 0 Å². The molecule has 0 unspecified atom stereocenters. The summed E-state index contributed by atoms with van der Waals surface area (Å²) < 4.78 is 2.08. The second-order valence-electron chi connectivity index (χ2n) is 4.63. The van der Waals surface area contributed by atoms with E-state index in [0.29, 0.717) is 13.1 Å². The van der Waals surface area contributed by atoms with Crippen LogP contribution in [0.5, 0.6) is 0 Å². The first kappa shape index (κ1) is 13.1. The molecule has 6 nitrogen and oxygen atoms in total. The molecule has 3 aromatic rings. The quantitative estimate of drug-likeness (QED) is 0.753. The van der Waals surface area contributed by atoms with Crippen LogP contribution in [0.15, 0.2) is 53.5 Å². The fraction of sp³-hybridized carbons (Fsp3) is 0.133. The summed E-state index contributed by atoms with van der Waals surface area (Å²) in [5, 5.41) is 9.87. The number of carbonyl (C=O) groups excluding carboxylic acids is 1. The van der Waals surface area contributed by atoms with Crippen molar-refractivity contribution in [2.24, 2.45) is 0 Å². The van der Waals surface area contributed by atoms with Gasteiger partial charge in [-0.25, -0.2) is 5.10 Å². The maximum atomic E-state index is 11.8. The standard InChI is InChI=1S/C15H14N4O2/c20-14-6-5-12(17-18-14)15(21)16-8-10-19-9-7-11-3-1-2-4-13(11)19/h1-7,9H,8,10H2,(H,16,21)(H,18,20). The number of nitrogens with one attached hydrogen (secondary N) is 2. The molecule has 1 amide bonds. The van der Waals surface area contributed by atoms with E-state index in [9.17, 15) is 9.59 Å². The van der Waals surface area contributed by atoms with E-state index in [2.05, 4.69) is 26.1 Å². The molecule has 1 aromatic carbocycles. The van der Waals surface area contributed by atoms with Crippen LogP contribution in [0.4, 0.5) is 0 Å². The molecule has 2 heterocycles. The van der Waals surface area contributed by atoms with Crippen molar-refractivity contribution in [2.45, 2.75) is 6.54 Å². The Morgan fingerprint density at radius 1 is 1.19 bits per heavy atom. The third-order valence-electron chi connectivity index (χ3n) is 3.23. The van der Waals surface area contributed by atoms with Crippen molar-refractivity contribution < 1.29 is 4.79 Å². The number of rotatable bonds is 4. The highest BCUT2D eigenvalue weighted by Crippen LogP contribution is 2.14. The summed E-state index contributed by atoms with van der Waals surface area (Å²) in [5.41, 5.74) is 1.01. The molecule has 0 spiro atoms. The van der Waals surface area contributed by atoms with Gasteiger partial charge in [0.2, 0.25) is 0 Å². The largest absolute Gasteiger partial charge is 0.349 e. The molecule has 0 atom stereocenters. The van der Waals surface area contributed by atoms with Crippen LogP contribution in [0.3, 0.4) is 0 Å². The monoisotopic (exact) mass is 282 g/mol. The zero-order valence-corrected chi connectivity index (χ0v) is 11.2. The van der Waals surface area contributed by atoms with Gasteiger partial charge in [0.25, 0.3) is 11.5 Å². The minimum absolute atomic E-state index is 0.201. The number of amides is 1. The molecule has 2 aromatic heterocycles. The average molecular weight is 282 g/mol. The number of nitrogens with zero attached hydrogens (tertiary/aromatic N) is 2. The van der Waals surface area contributed by atoms with E-state index in [0.717, 1.165) is 5.52 Å². The van der Waals surface area contributed by atoms with E-state index >= 15 is 0 Å². The fourth-order valence-corrected chi connectivity index (χ4v) is 2.19. The Morgan fingerprint density at radius 2 is 2.05 bits per heavy atom. The van der Waals surface area contributed by atoms with Crippen LogP contribution in [-0.4, -0.2) is 27.2 Å². The van der Waals surface area contributed by atoms with Crippen LogP contribution in [0.1, 0.15) is 10.5 Å². The first-order valence-electron chi connectivity index (χ1n) is 6.62.